The van der Waals surface area contributed by atoms with E-state index in [1.807, 2.05) is 11.8 Å². The largest absolute Gasteiger partial charge is 0.361 e. The highest BCUT2D eigenvalue weighted by Gasteiger charge is 2.12. The molecule has 4 rings (SSSR count). The number of hydrogen-bond donors (Lipinski definition) is 1. The molecular weight excluding hydrogens is 336 g/mol. The van der Waals surface area contributed by atoms with Crippen molar-refractivity contribution in [1.29, 1.82) is 0 Å². The number of nitrogens with one attached hydrogen (secondary N) is 1. The van der Waals surface area contributed by atoms with Gasteiger partial charge in [0, 0.05) is 35.9 Å². The van der Waals surface area contributed by atoms with E-state index in [0.29, 0.717) is 0 Å². The molecule has 0 aliphatic carbocycles. The van der Waals surface area contributed by atoms with E-state index in [-0.39, 0.29) is 0 Å². The first kappa shape index (κ1) is 17.4. The number of aromatic amines is 1. The zero-order chi connectivity index (χ0) is 17.6. The molecule has 0 spiro atoms. The molecular formula is C23H26N2S. The van der Waals surface area contributed by atoms with E-state index in [0.717, 1.165) is 12.3 Å². The van der Waals surface area contributed by atoms with E-state index in [9.17, 15) is 0 Å². The Labute approximate surface area is 160 Å². The number of para-hydroxylation sites is 1. The second-order valence-electron chi connectivity index (χ2n) is 6.91. The third-order valence-electron chi connectivity index (χ3n) is 5.13. The van der Waals surface area contributed by atoms with Crippen molar-refractivity contribution < 1.29 is 0 Å². The summed E-state index contributed by atoms with van der Waals surface area (Å²) in [6, 6.07) is 19.4. The fraction of sp³-hybridized carbons (Fsp3) is 0.304. The fourth-order valence-corrected chi connectivity index (χ4v) is 4.59. The van der Waals surface area contributed by atoms with Crippen LogP contribution in [0.25, 0.3) is 16.5 Å². The topological polar surface area (TPSA) is 19.0 Å². The van der Waals surface area contributed by atoms with Crippen LogP contribution in [0.2, 0.25) is 0 Å². The maximum absolute atomic E-state index is 3.37. The third-order valence-corrected chi connectivity index (χ3v) is 6.23. The number of aromatic nitrogens is 1. The van der Waals surface area contributed by atoms with Crippen molar-refractivity contribution in [2.75, 3.05) is 25.4 Å². The van der Waals surface area contributed by atoms with Crippen LogP contribution in [0.5, 0.6) is 0 Å². The highest BCUT2D eigenvalue weighted by atomic mass is 32.2. The molecule has 0 saturated carbocycles. The van der Waals surface area contributed by atoms with Crippen LogP contribution in [0.3, 0.4) is 0 Å². The summed E-state index contributed by atoms with van der Waals surface area (Å²) in [4.78, 5) is 5.95. The molecule has 26 heavy (non-hydrogen) atoms. The van der Waals surface area contributed by atoms with Gasteiger partial charge in [0.2, 0.25) is 0 Å². The predicted molar refractivity (Wildman–Crippen MR) is 115 cm³/mol. The molecule has 1 aliphatic rings. The molecule has 1 N–H and O–H groups in total. The molecule has 0 amide bonds. The number of rotatable bonds is 7. The van der Waals surface area contributed by atoms with Crippen molar-refractivity contribution in [1.82, 2.24) is 9.88 Å². The van der Waals surface area contributed by atoms with Crippen molar-refractivity contribution in [3.8, 4) is 0 Å². The minimum Gasteiger partial charge on any atom is -0.361 e. The lowest BCUT2D eigenvalue weighted by Crippen LogP contribution is -2.29. The Morgan fingerprint density at radius 1 is 1.00 bits per heavy atom. The van der Waals surface area contributed by atoms with Gasteiger partial charge in [-0.15, -0.1) is 0 Å². The van der Waals surface area contributed by atoms with Crippen LogP contribution in [0.15, 0.2) is 66.9 Å². The van der Waals surface area contributed by atoms with Crippen LogP contribution in [0, 0.1) is 0 Å². The quantitative estimate of drug-likeness (QED) is 0.553. The fourth-order valence-electron chi connectivity index (χ4n) is 3.65. The molecule has 0 fully saturated rings. The van der Waals surface area contributed by atoms with E-state index in [2.05, 4.69) is 76.8 Å². The second kappa shape index (κ2) is 8.61. The summed E-state index contributed by atoms with van der Waals surface area (Å²) in [5.74, 6) is 2.33. The van der Waals surface area contributed by atoms with Crippen LogP contribution < -0.4 is 0 Å². The lowest BCUT2D eigenvalue weighted by Gasteiger charge is -2.26. The maximum Gasteiger partial charge on any atom is 0.0457 e. The van der Waals surface area contributed by atoms with Gasteiger partial charge in [0.25, 0.3) is 0 Å². The molecule has 0 unspecified atom stereocenters. The number of thioether (sulfide) groups is 1. The Hall–Kier alpha value is -1.97. The number of hydrogen-bond acceptors (Lipinski definition) is 2. The smallest absolute Gasteiger partial charge is 0.0457 e. The second-order valence-corrected chi connectivity index (χ2v) is 8.02. The standard InChI is InChI=1S/C23H26N2S/c1-2-7-19(8-3-1)20-11-14-25(15-12-20)13-6-16-26-18-21-17-24-23-10-5-4-9-22(21)23/h1-5,7-11,17,24H,6,12-16,18H2. The Morgan fingerprint density at radius 3 is 2.69 bits per heavy atom. The first-order valence-electron chi connectivity index (χ1n) is 9.50. The molecule has 0 bridgehead atoms. The van der Waals surface area contributed by atoms with Crippen molar-refractivity contribution in [2.45, 2.75) is 18.6 Å². The van der Waals surface area contributed by atoms with Gasteiger partial charge in [-0.2, -0.15) is 11.8 Å². The lowest BCUT2D eigenvalue weighted by molar-refractivity contribution is 0.303. The van der Waals surface area contributed by atoms with Gasteiger partial charge in [-0.05, 0) is 47.9 Å². The Bertz CT molecular complexity index is 866. The van der Waals surface area contributed by atoms with Gasteiger partial charge in [0.1, 0.15) is 0 Å². The van der Waals surface area contributed by atoms with Crippen molar-refractivity contribution in [3.05, 3.63) is 78.0 Å². The minimum absolute atomic E-state index is 1.09. The average molecular weight is 363 g/mol. The first-order valence-corrected chi connectivity index (χ1v) is 10.7. The normalized spacial score (nSPS) is 15.3. The Kier molecular flexibility index (Phi) is 5.78. The summed E-state index contributed by atoms with van der Waals surface area (Å²) in [5, 5.41) is 1.37. The summed E-state index contributed by atoms with van der Waals surface area (Å²) in [5.41, 5.74) is 5.58. The van der Waals surface area contributed by atoms with E-state index in [1.165, 1.54) is 59.3 Å². The SMILES string of the molecule is C1=C(c2ccccc2)CCN(CCCSCc2c[nH]c3ccccc23)C1. The number of H-pyrrole nitrogens is 1. The lowest BCUT2D eigenvalue weighted by atomic mass is 9.99. The Balaban J connectivity index is 1.18. The van der Waals surface area contributed by atoms with E-state index in [4.69, 9.17) is 0 Å². The average Bonchev–Trinajstić information content (AvgIpc) is 3.12. The van der Waals surface area contributed by atoms with Crippen molar-refractivity contribution >= 4 is 28.2 Å². The molecule has 2 aromatic carbocycles. The molecule has 0 atom stereocenters. The van der Waals surface area contributed by atoms with Crippen LogP contribution in [0.1, 0.15) is 24.0 Å². The van der Waals surface area contributed by atoms with Gasteiger partial charge in [0.05, 0.1) is 0 Å². The molecule has 0 saturated heterocycles. The summed E-state index contributed by atoms with van der Waals surface area (Å²) in [6.07, 6.45) is 7.02. The maximum atomic E-state index is 3.37. The summed E-state index contributed by atoms with van der Waals surface area (Å²) >= 11 is 2.05. The van der Waals surface area contributed by atoms with E-state index >= 15 is 0 Å². The van der Waals surface area contributed by atoms with E-state index in [1.54, 1.807) is 0 Å². The van der Waals surface area contributed by atoms with Crippen molar-refractivity contribution in [3.63, 3.8) is 0 Å². The Morgan fingerprint density at radius 2 is 1.85 bits per heavy atom. The zero-order valence-corrected chi connectivity index (χ0v) is 16.0. The van der Waals surface area contributed by atoms with Crippen LogP contribution in [0.4, 0.5) is 0 Å². The molecule has 1 aromatic heterocycles. The number of benzene rings is 2. The molecule has 3 aromatic rings. The van der Waals surface area contributed by atoms with Crippen molar-refractivity contribution in [2.24, 2.45) is 0 Å². The summed E-state index contributed by atoms with van der Waals surface area (Å²) < 4.78 is 0. The molecule has 1 aliphatic heterocycles. The molecule has 0 radical (unpaired) electrons. The summed E-state index contributed by atoms with van der Waals surface area (Å²) in [6.45, 7) is 3.49. The van der Waals surface area contributed by atoms with Gasteiger partial charge >= 0.3 is 0 Å². The third kappa shape index (κ3) is 4.22. The van der Waals surface area contributed by atoms with Gasteiger partial charge in [0.15, 0.2) is 0 Å². The minimum atomic E-state index is 1.09. The zero-order valence-electron chi connectivity index (χ0n) is 15.2. The van der Waals surface area contributed by atoms with Crippen LogP contribution in [-0.2, 0) is 5.75 Å². The molecule has 2 nitrogen and oxygen atoms in total. The van der Waals surface area contributed by atoms with E-state index < -0.39 is 0 Å². The first-order chi connectivity index (χ1) is 12.9. The highest BCUT2D eigenvalue weighted by molar-refractivity contribution is 7.98. The number of nitrogens with zero attached hydrogens (tertiary/aromatic N) is 1. The molecule has 2 heterocycles. The molecule has 134 valence electrons. The van der Waals surface area contributed by atoms with Gasteiger partial charge < -0.3 is 4.98 Å². The van der Waals surface area contributed by atoms with Crippen LogP contribution >= 0.6 is 11.8 Å². The number of fused-ring (bicyclic) bond motifs is 1. The highest BCUT2D eigenvalue weighted by Crippen LogP contribution is 2.24. The van der Waals surface area contributed by atoms with Crippen LogP contribution in [-0.4, -0.2) is 35.3 Å². The van der Waals surface area contributed by atoms with Gasteiger partial charge in [-0.3, -0.25) is 4.90 Å². The monoisotopic (exact) mass is 362 g/mol. The predicted octanol–water partition coefficient (Wildman–Crippen LogP) is 5.58. The van der Waals surface area contributed by atoms with Gasteiger partial charge in [-0.25, -0.2) is 0 Å². The molecule has 3 heteroatoms. The summed E-state index contributed by atoms with van der Waals surface area (Å²) in [7, 11) is 0. The van der Waals surface area contributed by atoms with Gasteiger partial charge in [-0.1, -0.05) is 54.6 Å².